The van der Waals surface area contributed by atoms with Gasteiger partial charge in [-0.1, -0.05) is 100 Å². The van der Waals surface area contributed by atoms with E-state index in [1.807, 2.05) is 0 Å². The van der Waals surface area contributed by atoms with Crippen LogP contribution in [0.15, 0.2) is 109 Å². The molecule has 0 unspecified atom stereocenters. The molecule has 206 valence electrons. The fourth-order valence-electron chi connectivity index (χ4n) is 6.14. The fraction of sp³-hybridized carbons (Fsp3) is 0.128. The largest absolute Gasteiger partial charge is 2.00 e. The first-order valence-corrected chi connectivity index (χ1v) is 14.1. The average Bonchev–Trinajstić information content (AvgIpc) is 3.31. The Hall–Kier alpha value is -4.13. The predicted octanol–water partition coefficient (Wildman–Crippen LogP) is 9.01. The Labute approximate surface area is 262 Å². The second-order valence-corrected chi connectivity index (χ2v) is 11.1. The van der Waals surface area contributed by atoms with Crippen LogP contribution in [-0.4, -0.2) is 9.97 Å². The minimum atomic E-state index is -0.682. The average molecular weight is 722 g/mol. The second-order valence-electron chi connectivity index (χ2n) is 11.1. The maximum atomic E-state index is 5.39. The van der Waals surface area contributed by atoms with Crippen molar-refractivity contribution in [2.45, 2.75) is 33.1 Å². The van der Waals surface area contributed by atoms with E-state index < -0.39 is 5.41 Å². The molecule has 7 rings (SSSR count). The molecule has 0 radical (unpaired) electrons. The Morgan fingerprint density at radius 1 is 0.500 bits per heavy atom. The molecule has 2 nitrogen and oxygen atoms in total. The summed E-state index contributed by atoms with van der Waals surface area (Å²) in [6, 6.07) is 45.5. The first kappa shape index (κ1) is 28.0. The van der Waals surface area contributed by atoms with Crippen LogP contribution in [0.4, 0.5) is 0 Å². The van der Waals surface area contributed by atoms with Crippen molar-refractivity contribution in [2.75, 3.05) is 0 Å². The van der Waals surface area contributed by atoms with E-state index in [-0.39, 0.29) is 21.1 Å². The first-order valence-electron chi connectivity index (χ1n) is 14.1. The van der Waals surface area contributed by atoms with Crippen molar-refractivity contribution in [1.82, 2.24) is 9.97 Å². The third-order valence-corrected chi connectivity index (χ3v) is 8.62. The quantitative estimate of drug-likeness (QED) is 0.170. The molecule has 4 aromatic carbocycles. The summed E-state index contributed by atoms with van der Waals surface area (Å²) in [5.74, 6) is 0. The standard InChI is InChI=1S/C39H30N2.Pt/c1-25-19-21-29(23-27(25)3)35-15-9-17-37(40-35)39(33-13-7-5-11-31(33)32-12-6-8-14-34(32)39)38-18-10-16-36(41-38)30-22-20-26(2)28(4)24-30;/h5-20,23-24H,1-4H3;/q-2;+2. The van der Waals surface area contributed by atoms with Gasteiger partial charge in [0.2, 0.25) is 0 Å². The number of aryl methyl sites for hydroxylation is 4. The van der Waals surface area contributed by atoms with Crippen LogP contribution in [-0.2, 0) is 26.5 Å². The number of fused-ring (bicyclic) bond motifs is 3. The molecule has 1 aliphatic rings. The number of hydrogen-bond donors (Lipinski definition) is 0. The van der Waals surface area contributed by atoms with E-state index in [2.05, 4.69) is 149 Å². The van der Waals surface area contributed by atoms with Crippen molar-refractivity contribution >= 4 is 0 Å². The minimum Gasteiger partial charge on any atom is -0.300 e. The smallest absolute Gasteiger partial charge is 0.300 e. The first-order chi connectivity index (χ1) is 20.0. The maximum absolute atomic E-state index is 5.39. The third-order valence-electron chi connectivity index (χ3n) is 8.62. The molecule has 6 aromatic rings. The van der Waals surface area contributed by atoms with Gasteiger partial charge >= 0.3 is 21.1 Å². The molecule has 0 aliphatic heterocycles. The molecule has 0 saturated carbocycles. The number of pyridine rings is 2. The van der Waals surface area contributed by atoms with Gasteiger partial charge in [0.1, 0.15) is 5.41 Å². The van der Waals surface area contributed by atoms with Gasteiger partial charge in [0.15, 0.2) is 0 Å². The molecule has 1 aliphatic carbocycles. The zero-order valence-electron chi connectivity index (χ0n) is 24.1. The van der Waals surface area contributed by atoms with Gasteiger partial charge in [-0.3, -0.25) is 9.97 Å². The SMILES string of the molecule is Cc1c[c-]c(-c2cccc(C3(c4cccc(-c5[c-]cc(C)c(C)c5)n4)c4ccccc4-c4ccccc43)n2)cc1C.[Pt+2]. The Kier molecular flexibility index (Phi) is 7.29. The van der Waals surface area contributed by atoms with Gasteiger partial charge in [0.25, 0.3) is 0 Å². The summed E-state index contributed by atoms with van der Waals surface area (Å²) in [6.45, 7) is 8.51. The maximum Gasteiger partial charge on any atom is 2.00 e. The molecular weight excluding hydrogens is 692 g/mol. The summed E-state index contributed by atoms with van der Waals surface area (Å²) in [5.41, 5.74) is 14.8. The van der Waals surface area contributed by atoms with Crippen LogP contribution in [0.1, 0.15) is 44.8 Å². The van der Waals surface area contributed by atoms with E-state index >= 15 is 0 Å². The number of nitrogens with zero attached hydrogens (tertiary/aromatic N) is 2. The summed E-state index contributed by atoms with van der Waals surface area (Å²) in [7, 11) is 0. The number of rotatable bonds is 4. The zero-order valence-corrected chi connectivity index (χ0v) is 26.4. The van der Waals surface area contributed by atoms with Gasteiger partial charge in [0, 0.05) is 0 Å². The fourth-order valence-corrected chi connectivity index (χ4v) is 6.14. The van der Waals surface area contributed by atoms with Crippen molar-refractivity contribution in [3.63, 3.8) is 0 Å². The minimum absolute atomic E-state index is 0. The van der Waals surface area contributed by atoms with E-state index in [0.717, 1.165) is 33.9 Å². The normalized spacial score (nSPS) is 12.8. The van der Waals surface area contributed by atoms with Gasteiger partial charge in [-0.05, 0) is 45.8 Å². The van der Waals surface area contributed by atoms with Crippen LogP contribution in [0.25, 0.3) is 33.6 Å². The van der Waals surface area contributed by atoms with Crippen molar-refractivity contribution < 1.29 is 21.1 Å². The molecule has 0 N–H and O–H groups in total. The van der Waals surface area contributed by atoms with Crippen LogP contribution in [0.5, 0.6) is 0 Å². The van der Waals surface area contributed by atoms with E-state index in [1.54, 1.807) is 0 Å². The molecule has 0 amide bonds. The molecule has 0 fully saturated rings. The van der Waals surface area contributed by atoms with Crippen molar-refractivity contribution in [2.24, 2.45) is 0 Å². The topological polar surface area (TPSA) is 25.8 Å². The van der Waals surface area contributed by atoms with Gasteiger partial charge < -0.3 is 0 Å². The molecule has 0 bridgehead atoms. The zero-order chi connectivity index (χ0) is 28.1. The summed E-state index contributed by atoms with van der Waals surface area (Å²) in [5, 5.41) is 0. The molecule has 0 atom stereocenters. The van der Waals surface area contributed by atoms with Crippen LogP contribution >= 0.6 is 0 Å². The summed E-state index contributed by atoms with van der Waals surface area (Å²) >= 11 is 0. The van der Waals surface area contributed by atoms with Gasteiger partial charge in [0.05, 0.1) is 11.4 Å². The molecular formula is C39H30N2Pt. The number of hydrogen-bond acceptors (Lipinski definition) is 2. The van der Waals surface area contributed by atoms with E-state index in [1.165, 1.54) is 44.5 Å². The molecule has 2 aromatic heterocycles. The molecule has 2 heterocycles. The molecule has 3 heteroatoms. The molecule has 0 saturated heterocycles. The predicted molar refractivity (Wildman–Crippen MR) is 167 cm³/mol. The van der Waals surface area contributed by atoms with E-state index in [0.29, 0.717) is 0 Å². The van der Waals surface area contributed by atoms with Gasteiger partial charge in [-0.2, -0.15) is 0 Å². The number of aromatic nitrogens is 2. The van der Waals surface area contributed by atoms with Gasteiger partial charge in [-0.25, -0.2) is 0 Å². The van der Waals surface area contributed by atoms with Crippen molar-refractivity contribution in [1.29, 1.82) is 0 Å². The van der Waals surface area contributed by atoms with Crippen LogP contribution in [0.2, 0.25) is 0 Å². The van der Waals surface area contributed by atoms with E-state index in [9.17, 15) is 0 Å². The Morgan fingerprint density at radius 2 is 0.929 bits per heavy atom. The Balaban J connectivity index is 0.00000316. The summed E-state index contributed by atoms with van der Waals surface area (Å²) in [6.07, 6.45) is 0. The summed E-state index contributed by atoms with van der Waals surface area (Å²) < 4.78 is 0. The van der Waals surface area contributed by atoms with Crippen LogP contribution in [0, 0.1) is 39.8 Å². The second kappa shape index (κ2) is 10.9. The molecule has 42 heavy (non-hydrogen) atoms. The van der Waals surface area contributed by atoms with Gasteiger partial charge in [-0.15, -0.1) is 69.8 Å². The van der Waals surface area contributed by atoms with Crippen molar-refractivity contribution in [3.8, 4) is 33.6 Å². The van der Waals surface area contributed by atoms with Crippen molar-refractivity contribution in [3.05, 3.63) is 166 Å². The van der Waals surface area contributed by atoms with E-state index in [4.69, 9.17) is 9.97 Å². The Bertz CT molecular complexity index is 1810. The number of benzene rings is 4. The van der Waals surface area contributed by atoms with Crippen LogP contribution < -0.4 is 0 Å². The molecule has 0 spiro atoms. The van der Waals surface area contributed by atoms with Crippen LogP contribution in [0.3, 0.4) is 0 Å². The summed E-state index contributed by atoms with van der Waals surface area (Å²) in [4.78, 5) is 10.8. The monoisotopic (exact) mass is 721 g/mol. The third kappa shape index (κ3) is 4.37. The Morgan fingerprint density at radius 3 is 1.36 bits per heavy atom.